The third-order valence-corrected chi connectivity index (χ3v) is 5.08. The van der Waals surface area contributed by atoms with Gasteiger partial charge < -0.3 is 23.8 Å². The molecule has 0 saturated heterocycles. The maximum absolute atomic E-state index is 13.5. The Morgan fingerprint density at radius 3 is 2.00 bits per heavy atom. The number of hydrogen-bond acceptors (Lipinski definition) is 5. The van der Waals surface area contributed by atoms with Crippen LogP contribution in [-0.2, 0) is 0 Å². The van der Waals surface area contributed by atoms with Gasteiger partial charge in [-0.25, -0.2) is 0 Å². The summed E-state index contributed by atoms with van der Waals surface area (Å²) in [4.78, 5) is 15.3. The summed E-state index contributed by atoms with van der Waals surface area (Å²) < 4.78 is 23.3. The molecule has 0 aliphatic heterocycles. The number of methoxy groups -OCH3 is 2. The highest BCUT2D eigenvalue weighted by Crippen LogP contribution is 2.48. The summed E-state index contributed by atoms with van der Waals surface area (Å²) >= 11 is 0. The fraction of sp³-hybridized carbons (Fsp3) is 0.500. The normalized spacial score (nSPS) is 11.0. The number of benzene rings is 2. The number of carbonyl (C=O) groups is 1. The van der Waals surface area contributed by atoms with Crippen LogP contribution < -0.4 is 18.9 Å². The van der Waals surface area contributed by atoms with Crippen molar-refractivity contribution in [3.05, 3.63) is 35.4 Å². The molecule has 0 atom stereocenters. The Hall–Kier alpha value is -2.89. The number of nitrogens with zero attached hydrogens (tertiary/aromatic N) is 1. The lowest BCUT2D eigenvalue weighted by atomic mass is 9.93. The van der Waals surface area contributed by atoms with E-state index in [0.717, 1.165) is 16.7 Å². The molecule has 176 valence electrons. The van der Waals surface area contributed by atoms with Gasteiger partial charge in [-0.15, -0.1) is 0 Å². The van der Waals surface area contributed by atoms with E-state index < -0.39 is 0 Å². The van der Waals surface area contributed by atoms with Crippen LogP contribution in [0.25, 0.3) is 11.1 Å². The summed E-state index contributed by atoms with van der Waals surface area (Å²) in [5, 5.41) is 0. The molecule has 0 bridgehead atoms. The zero-order valence-electron chi connectivity index (χ0n) is 20.9. The molecular formula is C26H37NO5. The minimum Gasteiger partial charge on any atom is -0.492 e. The van der Waals surface area contributed by atoms with Crippen LogP contribution in [0.4, 0.5) is 0 Å². The van der Waals surface area contributed by atoms with Crippen LogP contribution in [0.1, 0.15) is 57.5 Å². The third-order valence-electron chi connectivity index (χ3n) is 5.08. The third kappa shape index (κ3) is 5.47. The van der Waals surface area contributed by atoms with Crippen LogP contribution in [0.15, 0.2) is 24.3 Å². The van der Waals surface area contributed by atoms with E-state index in [4.69, 9.17) is 18.9 Å². The van der Waals surface area contributed by atoms with Gasteiger partial charge in [0.2, 0.25) is 5.75 Å². The van der Waals surface area contributed by atoms with Crippen molar-refractivity contribution in [2.45, 2.75) is 60.7 Å². The van der Waals surface area contributed by atoms with E-state index in [9.17, 15) is 4.79 Å². The first-order valence-corrected chi connectivity index (χ1v) is 11.2. The average Bonchev–Trinajstić information content (AvgIpc) is 2.73. The highest BCUT2D eigenvalue weighted by molar-refractivity contribution is 6.03. The van der Waals surface area contributed by atoms with E-state index in [-0.39, 0.29) is 18.1 Å². The van der Waals surface area contributed by atoms with Gasteiger partial charge in [0.15, 0.2) is 11.5 Å². The van der Waals surface area contributed by atoms with E-state index >= 15 is 0 Å². The number of ether oxygens (including phenoxy) is 4. The van der Waals surface area contributed by atoms with Crippen LogP contribution in [0.2, 0.25) is 0 Å². The molecule has 6 heteroatoms. The largest absolute Gasteiger partial charge is 0.492 e. The molecular weight excluding hydrogens is 406 g/mol. The molecule has 6 nitrogen and oxygen atoms in total. The minimum atomic E-state index is -0.0536. The Labute approximate surface area is 192 Å². The van der Waals surface area contributed by atoms with Crippen molar-refractivity contribution in [2.75, 3.05) is 27.3 Å². The van der Waals surface area contributed by atoms with Gasteiger partial charge in [-0.1, -0.05) is 0 Å². The number of hydrogen-bond donors (Lipinski definition) is 0. The summed E-state index contributed by atoms with van der Waals surface area (Å²) in [6, 6.07) is 7.56. The zero-order valence-corrected chi connectivity index (χ0v) is 20.9. The number of amides is 1. The predicted octanol–water partition coefficient (Wildman–Crippen LogP) is 5.74. The summed E-state index contributed by atoms with van der Waals surface area (Å²) in [5.41, 5.74) is 3.05. The second kappa shape index (κ2) is 11.1. The molecule has 32 heavy (non-hydrogen) atoms. The van der Waals surface area contributed by atoms with Crippen LogP contribution >= 0.6 is 0 Å². The Bertz CT molecular complexity index is 932. The van der Waals surface area contributed by atoms with Gasteiger partial charge in [0.05, 0.1) is 32.0 Å². The summed E-state index contributed by atoms with van der Waals surface area (Å²) in [6.45, 7) is 15.0. The van der Waals surface area contributed by atoms with Gasteiger partial charge in [0.1, 0.15) is 5.75 Å². The Morgan fingerprint density at radius 1 is 0.906 bits per heavy atom. The maximum atomic E-state index is 13.5. The van der Waals surface area contributed by atoms with Crippen molar-refractivity contribution in [1.82, 2.24) is 4.90 Å². The van der Waals surface area contributed by atoms with Gasteiger partial charge in [-0.2, -0.15) is 0 Å². The predicted molar refractivity (Wildman–Crippen MR) is 128 cm³/mol. The molecule has 2 aromatic rings. The molecule has 0 aliphatic carbocycles. The molecule has 2 aromatic carbocycles. The first kappa shape index (κ1) is 25.4. The molecule has 0 unspecified atom stereocenters. The first-order chi connectivity index (χ1) is 15.2. The van der Waals surface area contributed by atoms with E-state index in [1.165, 1.54) is 0 Å². The van der Waals surface area contributed by atoms with Crippen LogP contribution in [0.5, 0.6) is 23.0 Å². The first-order valence-electron chi connectivity index (χ1n) is 11.2. The number of carbonyl (C=O) groups excluding carboxylic acids is 1. The molecule has 0 heterocycles. The highest BCUT2D eigenvalue weighted by Gasteiger charge is 2.26. The van der Waals surface area contributed by atoms with Crippen molar-refractivity contribution in [2.24, 2.45) is 0 Å². The van der Waals surface area contributed by atoms with Gasteiger partial charge >= 0.3 is 0 Å². The van der Waals surface area contributed by atoms with Gasteiger partial charge in [-0.3, -0.25) is 4.79 Å². The van der Waals surface area contributed by atoms with E-state index in [2.05, 4.69) is 0 Å². The fourth-order valence-electron chi connectivity index (χ4n) is 3.75. The Balaban J connectivity index is 2.81. The number of aryl methyl sites for hydroxylation is 1. The summed E-state index contributed by atoms with van der Waals surface area (Å²) in [6.07, 6.45) is -0.0211. The summed E-state index contributed by atoms with van der Waals surface area (Å²) in [5.74, 6) is 2.25. The highest BCUT2D eigenvalue weighted by atomic mass is 16.5. The quantitative estimate of drug-likeness (QED) is 0.469. The zero-order chi connectivity index (χ0) is 24.0. The second-order valence-corrected chi connectivity index (χ2v) is 8.15. The van der Waals surface area contributed by atoms with Gasteiger partial charge in [0, 0.05) is 18.7 Å². The van der Waals surface area contributed by atoms with Crippen molar-refractivity contribution >= 4 is 5.91 Å². The van der Waals surface area contributed by atoms with Gasteiger partial charge in [-0.05, 0) is 83.9 Å². The molecule has 0 saturated carbocycles. The lowest BCUT2D eigenvalue weighted by Crippen LogP contribution is -2.31. The molecule has 0 spiro atoms. The van der Waals surface area contributed by atoms with Crippen molar-refractivity contribution < 1.29 is 23.7 Å². The molecule has 0 fully saturated rings. The SMILES string of the molecule is CCN(CC)C(=O)c1cc(OC(C)C)ccc1-c1c(C)cc(OC(C)C)c(OC)c1OC. The molecule has 0 aliphatic rings. The lowest BCUT2D eigenvalue weighted by Gasteiger charge is -2.24. The molecule has 2 rings (SSSR count). The van der Waals surface area contributed by atoms with Crippen molar-refractivity contribution in [3.63, 3.8) is 0 Å². The fourth-order valence-corrected chi connectivity index (χ4v) is 3.75. The van der Waals surface area contributed by atoms with Crippen molar-refractivity contribution in [1.29, 1.82) is 0 Å². The second-order valence-electron chi connectivity index (χ2n) is 8.15. The van der Waals surface area contributed by atoms with E-state index in [1.807, 2.05) is 72.7 Å². The van der Waals surface area contributed by atoms with E-state index in [0.29, 0.717) is 41.7 Å². The van der Waals surface area contributed by atoms with Crippen LogP contribution in [-0.4, -0.2) is 50.3 Å². The van der Waals surface area contributed by atoms with Crippen molar-refractivity contribution in [3.8, 4) is 34.1 Å². The standard InChI is InChI=1S/C26H37NO5/c1-10-27(11-2)26(28)21-15-19(31-16(3)4)12-13-20(21)23-18(7)14-22(32-17(5)6)24(29-8)25(23)30-9/h12-17H,10-11H2,1-9H3. The van der Waals surface area contributed by atoms with Crippen LogP contribution in [0.3, 0.4) is 0 Å². The molecule has 1 amide bonds. The smallest absolute Gasteiger partial charge is 0.254 e. The Kier molecular flexibility index (Phi) is 8.81. The monoisotopic (exact) mass is 443 g/mol. The molecule has 0 N–H and O–H groups in total. The molecule has 0 radical (unpaired) electrons. The average molecular weight is 444 g/mol. The Morgan fingerprint density at radius 2 is 1.50 bits per heavy atom. The molecule has 0 aromatic heterocycles. The minimum absolute atomic E-state index is 0.00101. The lowest BCUT2D eigenvalue weighted by molar-refractivity contribution is 0.0773. The van der Waals surface area contributed by atoms with Crippen LogP contribution in [0, 0.1) is 6.92 Å². The maximum Gasteiger partial charge on any atom is 0.254 e. The topological polar surface area (TPSA) is 57.2 Å². The van der Waals surface area contributed by atoms with E-state index in [1.54, 1.807) is 19.1 Å². The number of rotatable bonds is 10. The van der Waals surface area contributed by atoms with Gasteiger partial charge in [0.25, 0.3) is 5.91 Å². The summed E-state index contributed by atoms with van der Waals surface area (Å²) in [7, 11) is 3.19.